The Morgan fingerprint density at radius 2 is 2.17 bits per heavy atom. The van der Waals surface area contributed by atoms with Gasteiger partial charge in [0.05, 0.1) is 23.7 Å². The quantitative estimate of drug-likeness (QED) is 0.894. The average Bonchev–Trinajstić information content (AvgIpc) is 3.27. The molecule has 1 saturated carbocycles. The van der Waals surface area contributed by atoms with Crippen LogP contribution in [0.2, 0.25) is 0 Å². The molecular formula is C18H19N5. The SMILES string of the molecule is N#Cc1cc(NC2=NCCN2)c(C2CCCC2)c2ncccc12. The second-order valence-corrected chi connectivity index (χ2v) is 6.16. The van der Waals surface area contributed by atoms with Gasteiger partial charge in [0, 0.05) is 29.4 Å². The Labute approximate surface area is 135 Å². The van der Waals surface area contributed by atoms with Crippen molar-refractivity contribution in [2.24, 2.45) is 4.99 Å². The van der Waals surface area contributed by atoms with Crippen molar-refractivity contribution < 1.29 is 0 Å². The number of fused-ring (bicyclic) bond motifs is 1. The van der Waals surface area contributed by atoms with E-state index in [0.717, 1.165) is 35.6 Å². The molecule has 116 valence electrons. The molecule has 1 fully saturated rings. The highest BCUT2D eigenvalue weighted by molar-refractivity contribution is 6.00. The zero-order valence-corrected chi connectivity index (χ0v) is 13.0. The number of nitrogens with zero attached hydrogens (tertiary/aromatic N) is 3. The standard InChI is InChI=1S/C18H19N5/c19-11-13-10-15(23-18-21-8-9-22-18)16(12-4-1-2-5-12)17-14(13)6-3-7-20-17/h3,6-7,10,12H,1-2,4-5,8-9H2,(H2,21,22,23). The monoisotopic (exact) mass is 305 g/mol. The number of rotatable bonds is 2. The molecule has 1 aliphatic heterocycles. The predicted octanol–water partition coefficient (Wildman–Crippen LogP) is 3.14. The van der Waals surface area contributed by atoms with Crippen LogP contribution in [-0.2, 0) is 0 Å². The van der Waals surface area contributed by atoms with Crippen molar-refractivity contribution in [2.75, 3.05) is 18.4 Å². The molecule has 4 rings (SSSR count). The van der Waals surface area contributed by atoms with Crippen LogP contribution in [0.3, 0.4) is 0 Å². The van der Waals surface area contributed by atoms with Gasteiger partial charge in [0.25, 0.3) is 0 Å². The van der Waals surface area contributed by atoms with E-state index in [4.69, 9.17) is 0 Å². The van der Waals surface area contributed by atoms with E-state index in [1.54, 1.807) is 0 Å². The zero-order valence-electron chi connectivity index (χ0n) is 13.0. The fourth-order valence-corrected chi connectivity index (χ4v) is 3.70. The minimum Gasteiger partial charge on any atom is -0.354 e. The molecule has 0 unspecified atom stereocenters. The third-order valence-electron chi connectivity index (χ3n) is 4.74. The number of guanidine groups is 1. The first-order chi connectivity index (χ1) is 11.4. The predicted molar refractivity (Wildman–Crippen MR) is 91.6 cm³/mol. The number of hydrogen-bond acceptors (Lipinski definition) is 5. The Morgan fingerprint density at radius 1 is 1.30 bits per heavy atom. The molecule has 0 bridgehead atoms. The zero-order chi connectivity index (χ0) is 15.6. The summed E-state index contributed by atoms with van der Waals surface area (Å²) in [6, 6.07) is 8.17. The molecule has 1 aromatic heterocycles. The summed E-state index contributed by atoms with van der Waals surface area (Å²) >= 11 is 0. The van der Waals surface area contributed by atoms with Crippen molar-refractivity contribution in [3.63, 3.8) is 0 Å². The van der Waals surface area contributed by atoms with E-state index in [1.807, 2.05) is 24.4 Å². The van der Waals surface area contributed by atoms with Gasteiger partial charge in [-0.2, -0.15) is 5.26 Å². The Bertz CT molecular complexity index is 812. The largest absolute Gasteiger partial charge is 0.354 e. The topological polar surface area (TPSA) is 73.1 Å². The van der Waals surface area contributed by atoms with E-state index in [1.165, 1.54) is 31.2 Å². The van der Waals surface area contributed by atoms with Gasteiger partial charge in [-0.15, -0.1) is 0 Å². The third kappa shape index (κ3) is 2.50. The summed E-state index contributed by atoms with van der Waals surface area (Å²) in [6.45, 7) is 1.65. The highest BCUT2D eigenvalue weighted by Crippen LogP contribution is 2.42. The molecule has 0 radical (unpaired) electrons. The van der Waals surface area contributed by atoms with Crippen LogP contribution in [0.1, 0.15) is 42.7 Å². The Balaban J connectivity index is 1.91. The van der Waals surface area contributed by atoms with Crippen LogP contribution in [0.15, 0.2) is 29.4 Å². The molecule has 0 atom stereocenters. The lowest BCUT2D eigenvalue weighted by Gasteiger charge is -2.19. The van der Waals surface area contributed by atoms with E-state index in [9.17, 15) is 5.26 Å². The summed E-state index contributed by atoms with van der Waals surface area (Å²) in [7, 11) is 0. The van der Waals surface area contributed by atoms with Gasteiger partial charge < -0.3 is 10.6 Å². The smallest absolute Gasteiger partial charge is 0.195 e. The van der Waals surface area contributed by atoms with Crippen LogP contribution in [0, 0.1) is 11.3 Å². The molecule has 0 amide bonds. The lowest BCUT2D eigenvalue weighted by molar-refractivity contribution is 0.729. The van der Waals surface area contributed by atoms with Crippen molar-refractivity contribution in [1.82, 2.24) is 10.3 Å². The third-order valence-corrected chi connectivity index (χ3v) is 4.74. The number of aromatic nitrogens is 1. The second-order valence-electron chi connectivity index (χ2n) is 6.16. The maximum absolute atomic E-state index is 9.53. The lowest BCUT2D eigenvalue weighted by atomic mass is 9.91. The van der Waals surface area contributed by atoms with Crippen molar-refractivity contribution in [1.29, 1.82) is 5.26 Å². The van der Waals surface area contributed by atoms with Gasteiger partial charge in [0.2, 0.25) is 0 Å². The van der Waals surface area contributed by atoms with Crippen molar-refractivity contribution in [3.8, 4) is 6.07 Å². The van der Waals surface area contributed by atoms with Crippen molar-refractivity contribution >= 4 is 22.5 Å². The van der Waals surface area contributed by atoms with Crippen LogP contribution in [0.4, 0.5) is 5.69 Å². The number of hydrogen-bond donors (Lipinski definition) is 2. The minimum absolute atomic E-state index is 0.504. The fraction of sp³-hybridized carbons (Fsp3) is 0.389. The van der Waals surface area contributed by atoms with E-state index in [0.29, 0.717) is 11.5 Å². The molecule has 0 saturated heterocycles. The number of pyridine rings is 1. The van der Waals surface area contributed by atoms with Gasteiger partial charge in [-0.25, -0.2) is 0 Å². The molecule has 2 N–H and O–H groups in total. The van der Waals surface area contributed by atoms with Gasteiger partial charge in [-0.1, -0.05) is 12.8 Å². The van der Waals surface area contributed by atoms with Gasteiger partial charge in [0.1, 0.15) is 0 Å². The Hall–Kier alpha value is -2.61. The Kier molecular flexibility index (Phi) is 3.58. The number of anilines is 1. The molecule has 5 nitrogen and oxygen atoms in total. The molecule has 23 heavy (non-hydrogen) atoms. The molecule has 2 aromatic rings. The van der Waals surface area contributed by atoms with Crippen LogP contribution < -0.4 is 10.6 Å². The van der Waals surface area contributed by atoms with Crippen molar-refractivity contribution in [3.05, 3.63) is 35.5 Å². The number of benzene rings is 1. The maximum atomic E-state index is 9.53. The normalized spacial score (nSPS) is 17.8. The number of nitriles is 1. The van der Waals surface area contributed by atoms with Crippen molar-refractivity contribution in [2.45, 2.75) is 31.6 Å². The first kappa shape index (κ1) is 14.0. The van der Waals surface area contributed by atoms with E-state index >= 15 is 0 Å². The average molecular weight is 305 g/mol. The second kappa shape index (κ2) is 5.88. The molecule has 2 aliphatic rings. The summed E-state index contributed by atoms with van der Waals surface area (Å²) in [5, 5.41) is 17.1. The highest BCUT2D eigenvalue weighted by Gasteiger charge is 2.25. The van der Waals surface area contributed by atoms with Crippen LogP contribution >= 0.6 is 0 Å². The Morgan fingerprint density at radius 3 is 2.91 bits per heavy atom. The summed E-state index contributed by atoms with van der Waals surface area (Å²) < 4.78 is 0. The molecular weight excluding hydrogens is 286 g/mol. The molecule has 1 aliphatic carbocycles. The maximum Gasteiger partial charge on any atom is 0.195 e. The first-order valence-corrected chi connectivity index (χ1v) is 8.24. The molecule has 2 heterocycles. The van der Waals surface area contributed by atoms with Gasteiger partial charge in [-0.3, -0.25) is 9.98 Å². The molecule has 5 heteroatoms. The molecule has 1 aromatic carbocycles. The molecule has 0 spiro atoms. The fourth-order valence-electron chi connectivity index (χ4n) is 3.70. The van der Waals surface area contributed by atoms with Crippen LogP contribution in [-0.4, -0.2) is 24.0 Å². The summed E-state index contributed by atoms with van der Waals surface area (Å²) in [5.74, 6) is 1.30. The van der Waals surface area contributed by atoms with E-state index in [2.05, 4.69) is 26.7 Å². The number of nitrogens with one attached hydrogen (secondary N) is 2. The summed E-state index contributed by atoms with van der Waals surface area (Å²) in [6.07, 6.45) is 6.71. The lowest BCUT2D eigenvalue weighted by Crippen LogP contribution is -2.27. The number of aliphatic imine (C=N–C) groups is 1. The van der Waals surface area contributed by atoms with Gasteiger partial charge in [0.15, 0.2) is 5.96 Å². The van der Waals surface area contributed by atoms with E-state index in [-0.39, 0.29) is 0 Å². The highest BCUT2D eigenvalue weighted by atomic mass is 15.2. The van der Waals surface area contributed by atoms with Gasteiger partial charge in [-0.05, 0) is 37.0 Å². The van der Waals surface area contributed by atoms with Crippen LogP contribution in [0.5, 0.6) is 0 Å². The summed E-state index contributed by atoms with van der Waals surface area (Å²) in [5.41, 5.74) is 3.84. The van der Waals surface area contributed by atoms with Gasteiger partial charge >= 0.3 is 0 Å². The van der Waals surface area contributed by atoms with E-state index < -0.39 is 0 Å². The summed E-state index contributed by atoms with van der Waals surface area (Å²) in [4.78, 5) is 9.04. The van der Waals surface area contributed by atoms with Crippen LogP contribution in [0.25, 0.3) is 10.9 Å². The minimum atomic E-state index is 0.504. The first-order valence-electron chi connectivity index (χ1n) is 8.24.